The van der Waals surface area contributed by atoms with Crippen molar-refractivity contribution in [3.05, 3.63) is 12.3 Å². The van der Waals surface area contributed by atoms with Gasteiger partial charge in [-0.1, -0.05) is 6.92 Å². The number of anilines is 2. The highest BCUT2D eigenvalue weighted by Gasteiger charge is 2.03. The van der Waals surface area contributed by atoms with Crippen LogP contribution < -0.4 is 15.8 Å². The highest BCUT2D eigenvalue weighted by atomic mass is 32.2. The fraction of sp³-hybridized carbons (Fsp3) is 0.556. The first-order valence-corrected chi connectivity index (χ1v) is 7.04. The molecule has 0 amide bonds. The van der Waals surface area contributed by atoms with Crippen molar-refractivity contribution in [3.63, 3.8) is 0 Å². The second-order valence-electron chi connectivity index (χ2n) is 3.49. The van der Waals surface area contributed by atoms with E-state index in [2.05, 4.69) is 20.6 Å². The second kappa shape index (κ2) is 6.36. The first-order valence-electron chi connectivity index (χ1n) is 5.32. The van der Waals surface area contributed by atoms with Crippen molar-refractivity contribution in [2.75, 3.05) is 29.5 Å². The van der Waals surface area contributed by atoms with Gasteiger partial charge in [0.15, 0.2) is 0 Å². The molecule has 7 nitrogen and oxygen atoms in total. The third-order valence-corrected chi connectivity index (χ3v) is 2.65. The van der Waals surface area contributed by atoms with Gasteiger partial charge in [0.1, 0.15) is 5.82 Å². The van der Waals surface area contributed by atoms with Gasteiger partial charge in [0.05, 0.1) is 5.75 Å². The highest BCUT2D eigenvalue weighted by Crippen LogP contribution is 2.05. The largest absolute Gasteiger partial charge is 0.369 e. The number of nitrogens with one attached hydrogen (secondary N) is 2. The Hall–Kier alpha value is -1.41. The number of hydrogen-bond acceptors (Lipinski definition) is 6. The van der Waals surface area contributed by atoms with Crippen molar-refractivity contribution >= 4 is 21.8 Å². The average Bonchev–Trinajstić information content (AvgIpc) is 2.25. The van der Waals surface area contributed by atoms with E-state index in [1.165, 1.54) is 0 Å². The lowest BCUT2D eigenvalue weighted by Crippen LogP contribution is -2.22. The summed E-state index contributed by atoms with van der Waals surface area (Å²) in [6, 6.07) is 1.67. The fourth-order valence-electron chi connectivity index (χ4n) is 1.10. The van der Waals surface area contributed by atoms with Gasteiger partial charge in [-0.25, -0.2) is 18.5 Å². The van der Waals surface area contributed by atoms with Crippen molar-refractivity contribution < 1.29 is 8.42 Å². The Labute approximate surface area is 101 Å². The smallest absolute Gasteiger partial charge is 0.224 e. The first kappa shape index (κ1) is 13.7. The molecule has 0 aromatic carbocycles. The van der Waals surface area contributed by atoms with Gasteiger partial charge in [-0.15, -0.1) is 0 Å². The second-order valence-corrected chi connectivity index (χ2v) is 5.22. The summed E-state index contributed by atoms with van der Waals surface area (Å²) in [5, 5.41) is 10.8. The molecule has 96 valence electrons. The summed E-state index contributed by atoms with van der Waals surface area (Å²) in [6.45, 7) is 3.06. The maximum absolute atomic E-state index is 10.7. The summed E-state index contributed by atoms with van der Waals surface area (Å²) in [7, 11) is -3.44. The third kappa shape index (κ3) is 6.03. The van der Waals surface area contributed by atoms with Crippen LogP contribution in [-0.4, -0.2) is 37.2 Å². The van der Waals surface area contributed by atoms with Crippen LogP contribution in [0.15, 0.2) is 12.3 Å². The topological polar surface area (TPSA) is 110 Å². The van der Waals surface area contributed by atoms with Crippen LogP contribution in [0.1, 0.15) is 13.3 Å². The molecular formula is C9H17N5O2S. The van der Waals surface area contributed by atoms with Crippen molar-refractivity contribution in [2.45, 2.75) is 13.3 Å². The number of primary sulfonamides is 1. The Morgan fingerprint density at radius 3 is 2.76 bits per heavy atom. The Balaban J connectivity index is 2.48. The molecule has 1 aromatic rings. The van der Waals surface area contributed by atoms with Crippen LogP contribution in [0.4, 0.5) is 11.8 Å². The molecular weight excluding hydrogens is 242 g/mol. The van der Waals surface area contributed by atoms with Crippen LogP contribution in [-0.2, 0) is 10.0 Å². The molecule has 0 saturated heterocycles. The predicted octanol–water partition coefficient (Wildman–Crippen LogP) is -0.00110. The molecule has 0 radical (unpaired) electrons. The standard InChI is InChI=1S/C9H17N5O2S/c1-2-4-12-9-13-5-3-8(14-9)11-6-7-17(10,15)16/h3,5H,2,4,6-7H2,1H3,(H2,10,15,16)(H2,11,12,13,14). The summed E-state index contributed by atoms with van der Waals surface area (Å²) >= 11 is 0. The van der Waals surface area contributed by atoms with Gasteiger partial charge in [0.2, 0.25) is 16.0 Å². The monoisotopic (exact) mass is 259 g/mol. The first-order chi connectivity index (χ1) is 8.01. The molecule has 0 aliphatic carbocycles. The summed E-state index contributed by atoms with van der Waals surface area (Å²) in [6.07, 6.45) is 2.58. The van der Waals surface area contributed by atoms with E-state index in [0.717, 1.165) is 13.0 Å². The lowest BCUT2D eigenvalue weighted by atomic mass is 10.5. The van der Waals surface area contributed by atoms with E-state index in [9.17, 15) is 8.42 Å². The third-order valence-electron chi connectivity index (χ3n) is 1.88. The molecule has 1 rings (SSSR count). The van der Waals surface area contributed by atoms with Gasteiger partial charge in [-0.05, 0) is 12.5 Å². The minimum absolute atomic E-state index is 0.130. The lowest BCUT2D eigenvalue weighted by Gasteiger charge is -2.07. The molecule has 0 aliphatic heterocycles. The molecule has 1 heterocycles. The minimum atomic E-state index is -3.44. The molecule has 0 saturated carbocycles. The summed E-state index contributed by atoms with van der Waals surface area (Å²) < 4.78 is 21.4. The number of aromatic nitrogens is 2. The molecule has 17 heavy (non-hydrogen) atoms. The lowest BCUT2D eigenvalue weighted by molar-refractivity contribution is 0.598. The Kier molecular flexibility index (Phi) is 5.11. The van der Waals surface area contributed by atoms with Gasteiger partial charge in [-0.2, -0.15) is 4.98 Å². The normalized spacial score (nSPS) is 11.2. The summed E-state index contributed by atoms with van der Waals surface area (Å²) in [4.78, 5) is 8.19. The van der Waals surface area contributed by atoms with Crippen LogP contribution in [0.2, 0.25) is 0 Å². The van der Waals surface area contributed by atoms with Crippen molar-refractivity contribution in [3.8, 4) is 0 Å². The highest BCUT2D eigenvalue weighted by molar-refractivity contribution is 7.89. The van der Waals surface area contributed by atoms with E-state index in [4.69, 9.17) is 5.14 Å². The van der Waals surface area contributed by atoms with E-state index in [-0.39, 0.29) is 12.3 Å². The Morgan fingerprint density at radius 2 is 2.12 bits per heavy atom. The SMILES string of the molecule is CCCNc1nccc(NCCS(N)(=O)=O)n1. The van der Waals surface area contributed by atoms with Crippen LogP contribution in [0.25, 0.3) is 0 Å². The van der Waals surface area contributed by atoms with Crippen LogP contribution in [0, 0.1) is 0 Å². The predicted molar refractivity (Wildman–Crippen MR) is 67.3 cm³/mol. The molecule has 4 N–H and O–H groups in total. The van der Waals surface area contributed by atoms with E-state index >= 15 is 0 Å². The zero-order chi connectivity index (χ0) is 12.7. The van der Waals surface area contributed by atoms with Crippen molar-refractivity contribution in [2.24, 2.45) is 5.14 Å². The summed E-state index contributed by atoms with van der Waals surface area (Å²) in [5.74, 6) is 0.962. The Bertz CT molecular complexity index is 448. The molecule has 0 bridgehead atoms. The average molecular weight is 259 g/mol. The van der Waals surface area contributed by atoms with E-state index in [1.54, 1.807) is 12.3 Å². The minimum Gasteiger partial charge on any atom is -0.369 e. The number of rotatable bonds is 7. The summed E-state index contributed by atoms with van der Waals surface area (Å²) in [5.41, 5.74) is 0. The van der Waals surface area contributed by atoms with Crippen molar-refractivity contribution in [1.82, 2.24) is 9.97 Å². The number of nitrogens with zero attached hydrogens (tertiary/aromatic N) is 2. The van der Waals surface area contributed by atoms with Gasteiger partial charge in [-0.3, -0.25) is 0 Å². The van der Waals surface area contributed by atoms with E-state index in [0.29, 0.717) is 11.8 Å². The van der Waals surface area contributed by atoms with Gasteiger partial charge in [0.25, 0.3) is 0 Å². The zero-order valence-electron chi connectivity index (χ0n) is 9.68. The van der Waals surface area contributed by atoms with Crippen LogP contribution in [0.5, 0.6) is 0 Å². The quantitative estimate of drug-likeness (QED) is 0.635. The maximum Gasteiger partial charge on any atom is 0.224 e. The molecule has 0 fully saturated rings. The fourth-order valence-corrected chi connectivity index (χ4v) is 1.49. The molecule has 8 heteroatoms. The molecule has 0 unspecified atom stereocenters. The number of nitrogens with two attached hydrogens (primary N) is 1. The van der Waals surface area contributed by atoms with Gasteiger partial charge in [0, 0.05) is 19.3 Å². The molecule has 1 aromatic heterocycles. The van der Waals surface area contributed by atoms with Gasteiger partial charge >= 0.3 is 0 Å². The van der Waals surface area contributed by atoms with E-state index < -0.39 is 10.0 Å². The molecule has 0 aliphatic rings. The zero-order valence-corrected chi connectivity index (χ0v) is 10.5. The van der Waals surface area contributed by atoms with Gasteiger partial charge < -0.3 is 10.6 Å². The Morgan fingerprint density at radius 1 is 1.35 bits per heavy atom. The molecule has 0 spiro atoms. The van der Waals surface area contributed by atoms with Crippen LogP contribution >= 0.6 is 0 Å². The van der Waals surface area contributed by atoms with Crippen molar-refractivity contribution in [1.29, 1.82) is 0 Å². The number of sulfonamides is 1. The van der Waals surface area contributed by atoms with Crippen LogP contribution in [0.3, 0.4) is 0 Å². The molecule has 0 atom stereocenters. The number of hydrogen-bond donors (Lipinski definition) is 3. The van der Waals surface area contributed by atoms with E-state index in [1.807, 2.05) is 6.92 Å². The maximum atomic E-state index is 10.7.